The molecular formula is C40H68O11. The molecule has 11 heteroatoms. The highest BCUT2D eigenvalue weighted by Crippen LogP contribution is 2.57. The lowest BCUT2D eigenvalue weighted by Crippen LogP contribution is -2.58. The van der Waals surface area contributed by atoms with Crippen molar-refractivity contribution < 1.29 is 53.3 Å². The Morgan fingerprint density at radius 3 is 2.25 bits per heavy atom. The van der Waals surface area contributed by atoms with Crippen molar-refractivity contribution in [3.8, 4) is 0 Å². The number of carbonyl (C=O) groups is 1. The number of methoxy groups -OCH3 is 1. The van der Waals surface area contributed by atoms with E-state index in [0.29, 0.717) is 6.42 Å². The van der Waals surface area contributed by atoms with Gasteiger partial charge in [-0.3, -0.25) is 4.79 Å². The van der Waals surface area contributed by atoms with Gasteiger partial charge < -0.3 is 48.5 Å². The lowest BCUT2D eigenvalue weighted by atomic mass is 9.78. The molecule has 6 saturated heterocycles. The SMILES string of the molecule is CO[C@@H]1C[C@@H](C[C@H]2CC[C@H](C)C([C@@H](C)C(=O)O)O2)O[C@]2(O[C@](C)(C3CC[C@@](C)([C@@H]4O[C@@H]([C@H]5O[C@@](O)(CO)[C@H](C)C[C@@H]5C)C[C@@H]4C)O3)C[C@H]2C)[C@@H]1C. The van der Waals surface area contributed by atoms with E-state index < -0.39 is 41.3 Å². The maximum atomic E-state index is 11.8. The third-order valence-corrected chi connectivity index (χ3v) is 14.4. The summed E-state index contributed by atoms with van der Waals surface area (Å²) in [5.41, 5.74) is -1.10. The molecule has 0 radical (unpaired) electrons. The molecule has 0 saturated carbocycles. The molecule has 3 N–H and O–H groups in total. The number of hydrogen-bond donors (Lipinski definition) is 3. The van der Waals surface area contributed by atoms with Crippen molar-refractivity contribution in [1.29, 1.82) is 0 Å². The summed E-state index contributed by atoms with van der Waals surface area (Å²) in [7, 11) is 1.77. The monoisotopic (exact) mass is 724 g/mol. The van der Waals surface area contributed by atoms with Gasteiger partial charge in [-0.2, -0.15) is 0 Å². The van der Waals surface area contributed by atoms with Crippen LogP contribution < -0.4 is 0 Å². The van der Waals surface area contributed by atoms with Crippen LogP contribution in [0.2, 0.25) is 0 Å². The number of aliphatic carboxylic acids is 1. The predicted octanol–water partition coefficient (Wildman–Crippen LogP) is 5.71. The van der Waals surface area contributed by atoms with E-state index in [1.54, 1.807) is 14.0 Å². The summed E-state index contributed by atoms with van der Waals surface area (Å²) in [6, 6.07) is 0. The van der Waals surface area contributed by atoms with Gasteiger partial charge in [-0.1, -0.05) is 41.5 Å². The van der Waals surface area contributed by atoms with E-state index in [4.69, 9.17) is 33.2 Å². The minimum absolute atomic E-state index is 0.00727. The van der Waals surface area contributed by atoms with Crippen LogP contribution in [0.25, 0.3) is 0 Å². The van der Waals surface area contributed by atoms with Gasteiger partial charge in [0.15, 0.2) is 11.6 Å². The minimum atomic E-state index is -1.55. The Kier molecular flexibility index (Phi) is 11.4. The van der Waals surface area contributed by atoms with E-state index in [2.05, 4.69) is 48.5 Å². The van der Waals surface area contributed by atoms with E-state index in [1.807, 2.05) is 6.92 Å². The van der Waals surface area contributed by atoms with Gasteiger partial charge in [-0.05, 0) is 83.5 Å². The number of rotatable bonds is 9. The van der Waals surface area contributed by atoms with Gasteiger partial charge in [0.1, 0.15) is 0 Å². The largest absolute Gasteiger partial charge is 0.481 e. The highest BCUT2D eigenvalue weighted by atomic mass is 16.7. The second-order valence-corrected chi connectivity index (χ2v) is 18.4. The van der Waals surface area contributed by atoms with Crippen molar-refractivity contribution in [2.45, 2.75) is 192 Å². The summed E-state index contributed by atoms with van der Waals surface area (Å²) < 4.78 is 47.0. The van der Waals surface area contributed by atoms with Gasteiger partial charge in [0, 0.05) is 37.7 Å². The van der Waals surface area contributed by atoms with E-state index in [9.17, 15) is 20.1 Å². The Bertz CT molecular complexity index is 1230. The van der Waals surface area contributed by atoms with Gasteiger partial charge in [0.25, 0.3) is 0 Å². The average molecular weight is 725 g/mol. The lowest BCUT2D eigenvalue weighted by Gasteiger charge is -2.50. The molecule has 1 spiro atoms. The van der Waals surface area contributed by atoms with Crippen molar-refractivity contribution in [2.24, 2.45) is 41.4 Å². The Hall–Kier alpha value is -0.890. The molecule has 0 bridgehead atoms. The van der Waals surface area contributed by atoms with Crippen molar-refractivity contribution >= 4 is 5.97 Å². The fourth-order valence-corrected chi connectivity index (χ4v) is 11.3. The Labute approximate surface area is 305 Å². The van der Waals surface area contributed by atoms with Crippen LogP contribution in [-0.4, -0.2) is 107 Å². The van der Waals surface area contributed by atoms with E-state index in [1.165, 1.54) is 0 Å². The van der Waals surface area contributed by atoms with E-state index in [0.717, 1.165) is 51.4 Å². The van der Waals surface area contributed by atoms with Crippen LogP contribution in [0.3, 0.4) is 0 Å². The summed E-state index contributed by atoms with van der Waals surface area (Å²) in [5, 5.41) is 30.7. The molecule has 0 aromatic heterocycles. The molecule has 51 heavy (non-hydrogen) atoms. The molecule has 0 aromatic rings. The third kappa shape index (κ3) is 7.19. The molecule has 0 aromatic carbocycles. The van der Waals surface area contributed by atoms with Gasteiger partial charge >= 0.3 is 5.97 Å². The smallest absolute Gasteiger partial charge is 0.308 e. The number of aliphatic hydroxyl groups excluding tert-OH is 1. The Balaban J connectivity index is 1.13. The first-order valence-corrected chi connectivity index (χ1v) is 20.0. The Morgan fingerprint density at radius 2 is 1.59 bits per heavy atom. The fraction of sp³-hybridized carbons (Fsp3) is 0.975. The second kappa shape index (κ2) is 14.6. The molecule has 0 amide bonds. The number of carboxylic acid groups (broad SMARTS) is 1. The summed E-state index contributed by atoms with van der Waals surface area (Å²) >= 11 is 0. The Morgan fingerprint density at radius 1 is 0.863 bits per heavy atom. The molecule has 294 valence electrons. The number of hydrogen-bond acceptors (Lipinski definition) is 10. The second-order valence-electron chi connectivity index (χ2n) is 18.4. The summed E-state index contributed by atoms with van der Waals surface area (Å²) in [6.07, 6.45) is 5.85. The zero-order valence-corrected chi connectivity index (χ0v) is 32.8. The lowest BCUT2D eigenvalue weighted by molar-refractivity contribution is -0.353. The zero-order valence-electron chi connectivity index (χ0n) is 32.8. The van der Waals surface area contributed by atoms with Crippen molar-refractivity contribution in [3.05, 3.63) is 0 Å². The third-order valence-electron chi connectivity index (χ3n) is 14.4. The molecule has 6 rings (SSSR count). The van der Waals surface area contributed by atoms with Crippen LogP contribution >= 0.6 is 0 Å². The van der Waals surface area contributed by atoms with Crippen LogP contribution in [0.5, 0.6) is 0 Å². The van der Waals surface area contributed by atoms with E-state index >= 15 is 0 Å². The van der Waals surface area contributed by atoms with Crippen LogP contribution in [0.15, 0.2) is 0 Å². The van der Waals surface area contributed by atoms with Crippen LogP contribution in [0, 0.1) is 41.4 Å². The highest BCUT2D eigenvalue weighted by molar-refractivity contribution is 5.70. The average Bonchev–Trinajstić information content (AvgIpc) is 3.75. The van der Waals surface area contributed by atoms with Crippen LogP contribution in [-0.2, 0) is 38.0 Å². The fourth-order valence-electron chi connectivity index (χ4n) is 11.3. The first-order chi connectivity index (χ1) is 23.9. The first-order valence-electron chi connectivity index (χ1n) is 20.0. The van der Waals surface area contributed by atoms with E-state index in [-0.39, 0.29) is 84.3 Å². The van der Waals surface area contributed by atoms with Gasteiger partial charge in [0.2, 0.25) is 0 Å². The quantitative estimate of drug-likeness (QED) is 0.269. The van der Waals surface area contributed by atoms with Crippen LogP contribution in [0.1, 0.15) is 120 Å². The van der Waals surface area contributed by atoms with Crippen molar-refractivity contribution in [3.63, 3.8) is 0 Å². The minimum Gasteiger partial charge on any atom is -0.481 e. The van der Waals surface area contributed by atoms with Crippen LogP contribution in [0.4, 0.5) is 0 Å². The number of carboxylic acids is 1. The molecule has 19 atom stereocenters. The highest BCUT2D eigenvalue weighted by Gasteiger charge is 2.65. The standard InChI is InChI=1S/C40H68O11/c1-21-11-12-28(46-33(21)26(6)36(42)43)17-29-18-30(45-10)27(7)40(48-29)25(5)19-38(9,51-40)32-13-14-37(8,49-32)35-23(3)16-31(47-35)34-22(2)15-24(4)39(44,20-41)50-34/h21-35,41,44H,11-20H2,1-10H3,(H,42,43)/t21-,22-,23-,24+,25+,26+,27+,28+,29+,30+,31+,32?,33?,34-,35+,37-,38-,39-,40+/m0/s1. The number of aliphatic hydroxyl groups is 2. The maximum absolute atomic E-state index is 11.8. The summed E-state index contributed by atoms with van der Waals surface area (Å²) in [5.74, 6) is -3.26. The summed E-state index contributed by atoms with van der Waals surface area (Å²) in [6.45, 7) is 18.4. The first kappa shape index (κ1) is 39.8. The molecular weight excluding hydrogens is 656 g/mol. The zero-order chi connectivity index (χ0) is 37.3. The van der Waals surface area contributed by atoms with Crippen molar-refractivity contribution in [1.82, 2.24) is 0 Å². The van der Waals surface area contributed by atoms with Gasteiger partial charge in [-0.15, -0.1) is 0 Å². The molecule has 2 unspecified atom stereocenters. The molecule has 6 aliphatic rings. The maximum Gasteiger partial charge on any atom is 0.308 e. The number of ether oxygens (including phenoxy) is 7. The molecule has 11 nitrogen and oxygen atoms in total. The molecule has 6 heterocycles. The predicted molar refractivity (Wildman–Crippen MR) is 189 cm³/mol. The molecule has 0 aliphatic carbocycles. The topological polar surface area (TPSA) is 142 Å². The van der Waals surface area contributed by atoms with Gasteiger partial charge in [0.05, 0.1) is 72.6 Å². The molecule has 6 aliphatic heterocycles. The summed E-state index contributed by atoms with van der Waals surface area (Å²) in [4.78, 5) is 11.8. The normalized spacial score (nSPS) is 54.2. The van der Waals surface area contributed by atoms with Crippen molar-refractivity contribution in [2.75, 3.05) is 13.7 Å². The van der Waals surface area contributed by atoms with Gasteiger partial charge in [-0.25, -0.2) is 0 Å². The molecule has 6 fully saturated rings.